The Balaban J connectivity index is 0.000000532. The van der Waals surface area contributed by atoms with E-state index in [0.29, 0.717) is 5.75 Å². The van der Waals surface area contributed by atoms with E-state index in [1.54, 1.807) is 12.1 Å². The fourth-order valence-electron chi connectivity index (χ4n) is 5.03. The molecule has 0 unspecified atom stereocenters. The lowest BCUT2D eigenvalue weighted by Crippen LogP contribution is -2.39. The van der Waals surface area contributed by atoms with Gasteiger partial charge in [0.15, 0.2) is 0 Å². The molecule has 0 radical (unpaired) electrons. The van der Waals surface area contributed by atoms with E-state index in [0.717, 1.165) is 36.2 Å². The molecular formula is C28H36F3N3O5. The molecule has 1 aliphatic carbocycles. The van der Waals surface area contributed by atoms with Crippen LogP contribution in [-0.2, 0) is 11.3 Å². The van der Waals surface area contributed by atoms with Gasteiger partial charge in [-0.25, -0.2) is 4.79 Å². The lowest BCUT2D eigenvalue weighted by molar-refractivity contribution is -0.384. The molecule has 2 aromatic rings. The van der Waals surface area contributed by atoms with Crippen LogP contribution < -0.4 is 10.1 Å². The third-order valence-corrected chi connectivity index (χ3v) is 7.19. The molecule has 0 spiro atoms. The maximum atomic E-state index is 10.8. The maximum absolute atomic E-state index is 10.8. The monoisotopic (exact) mass is 551 g/mol. The molecule has 1 heterocycles. The van der Waals surface area contributed by atoms with Gasteiger partial charge in [0.1, 0.15) is 11.5 Å². The van der Waals surface area contributed by atoms with Crippen molar-refractivity contribution in [1.82, 2.24) is 10.2 Å². The molecule has 0 aromatic heterocycles. The van der Waals surface area contributed by atoms with Crippen molar-refractivity contribution in [2.24, 2.45) is 11.8 Å². The number of hydrogen-bond acceptors (Lipinski definition) is 6. The van der Waals surface area contributed by atoms with Crippen LogP contribution >= 0.6 is 0 Å². The molecule has 39 heavy (non-hydrogen) atoms. The van der Waals surface area contributed by atoms with Gasteiger partial charge in [0.2, 0.25) is 0 Å². The predicted octanol–water partition coefficient (Wildman–Crippen LogP) is 6.40. The molecule has 1 saturated heterocycles. The number of rotatable bonds is 9. The van der Waals surface area contributed by atoms with Crippen molar-refractivity contribution in [3.63, 3.8) is 0 Å². The number of benzene rings is 2. The molecule has 0 bridgehead atoms. The number of nitro groups is 1. The predicted molar refractivity (Wildman–Crippen MR) is 141 cm³/mol. The smallest absolute Gasteiger partial charge is 0.475 e. The van der Waals surface area contributed by atoms with Crippen molar-refractivity contribution >= 4 is 11.7 Å². The van der Waals surface area contributed by atoms with Gasteiger partial charge >= 0.3 is 12.1 Å². The van der Waals surface area contributed by atoms with Gasteiger partial charge in [0, 0.05) is 30.8 Å². The highest BCUT2D eigenvalue weighted by atomic mass is 19.4. The Kier molecular flexibility index (Phi) is 11.5. The summed E-state index contributed by atoms with van der Waals surface area (Å²) in [5, 5.41) is 21.6. The maximum Gasteiger partial charge on any atom is 0.490 e. The third-order valence-electron chi connectivity index (χ3n) is 7.19. The van der Waals surface area contributed by atoms with Crippen molar-refractivity contribution in [2.75, 3.05) is 26.2 Å². The molecule has 4 rings (SSSR count). The Morgan fingerprint density at radius 3 is 2.21 bits per heavy atom. The number of carbonyl (C=O) groups is 1. The third kappa shape index (κ3) is 10.5. The zero-order chi connectivity index (χ0) is 28.3. The number of para-hydroxylation sites is 1. The van der Waals surface area contributed by atoms with Crippen LogP contribution in [0.4, 0.5) is 18.9 Å². The van der Waals surface area contributed by atoms with E-state index < -0.39 is 17.1 Å². The number of alkyl halides is 3. The molecular weight excluding hydrogens is 515 g/mol. The summed E-state index contributed by atoms with van der Waals surface area (Å²) in [6.07, 6.45) is 4.64. The first-order chi connectivity index (χ1) is 18.6. The van der Waals surface area contributed by atoms with Gasteiger partial charge < -0.3 is 20.1 Å². The summed E-state index contributed by atoms with van der Waals surface area (Å²) in [4.78, 5) is 22.0. The molecule has 2 fully saturated rings. The lowest BCUT2D eigenvalue weighted by Gasteiger charge is -2.35. The number of nitro benzene ring substituents is 1. The minimum absolute atomic E-state index is 0.0668. The number of likely N-dealkylation sites (tertiary alicyclic amines) is 1. The summed E-state index contributed by atoms with van der Waals surface area (Å²) in [7, 11) is 0. The Labute approximate surface area is 226 Å². The molecule has 2 aliphatic rings. The Morgan fingerprint density at radius 2 is 1.62 bits per heavy atom. The van der Waals surface area contributed by atoms with E-state index in [-0.39, 0.29) is 5.69 Å². The molecule has 214 valence electrons. The van der Waals surface area contributed by atoms with Crippen LogP contribution in [0.2, 0.25) is 0 Å². The largest absolute Gasteiger partial charge is 0.490 e. The average Bonchev–Trinajstić information content (AvgIpc) is 2.91. The first-order valence-electron chi connectivity index (χ1n) is 13.3. The van der Waals surface area contributed by atoms with E-state index >= 15 is 0 Å². The summed E-state index contributed by atoms with van der Waals surface area (Å²) in [6, 6.07) is 14.2. The van der Waals surface area contributed by atoms with Crippen molar-refractivity contribution in [3.8, 4) is 11.5 Å². The second-order valence-corrected chi connectivity index (χ2v) is 10.1. The molecule has 8 nitrogen and oxygen atoms in total. The molecule has 0 atom stereocenters. The fourth-order valence-corrected chi connectivity index (χ4v) is 5.03. The Bertz CT molecular complexity index is 1050. The van der Waals surface area contributed by atoms with E-state index in [4.69, 9.17) is 14.6 Å². The molecule has 11 heteroatoms. The normalized spacial score (nSPS) is 17.2. The number of piperidine rings is 1. The molecule has 1 aliphatic heterocycles. The van der Waals surface area contributed by atoms with Crippen LogP contribution in [0.5, 0.6) is 11.5 Å². The van der Waals surface area contributed by atoms with Gasteiger partial charge in [0.05, 0.1) is 4.92 Å². The Morgan fingerprint density at radius 1 is 1.00 bits per heavy atom. The van der Waals surface area contributed by atoms with Gasteiger partial charge in [-0.1, -0.05) is 37.5 Å². The summed E-state index contributed by atoms with van der Waals surface area (Å²) in [5.74, 6) is 0.308. The quantitative estimate of drug-likeness (QED) is 0.274. The highest BCUT2D eigenvalue weighted by molar-refractivity contribution is 5.73. The highest BCUT2D eigenvalue weighted by Gasteiger charge is 2.38. The molecule has 2 N–H and O–H groups in total. The first-order valence-corrected chi connectivity index (χ1v) is 13.3. The summed E-state index contributed by atoms with van der Waals surface area (Å²) < 4.78 is 37.7. The number of carboxylic acids is 1. The second kappa shape index (κ2) is 14.8. The first kappa shape index (κ1) is 30.4. The van der Waals surface area contributed by atoms with Crippen molar-refractivity contribution in [1.29, 1.82) is 0 Å². The zero-order valence-electron chi connectivity index (χ0n) is 21.9. The number of halogens is 3. The topological polar surface area (TPSA) is 105 Å². The van der Waals surface area contributed by atoms with Crippen LogP contribution in [0.25, 0.3) is 0 Å². The van der Waals surface area contributed by atoms with E-state index in [2.05, 4.69) is 16.3 Å². The van der Waals surface area contributed by atoms with Crippen LogP contribution in [0.3, 0.4) is 0 Å². The minimum atomic E-state index is -5.08. The average molecular weight is 552 g/mol. The summed E-state index contributed by atoms with van der Waals surface area (Å²) in [6.45, 7) is 5.58. The number of aliphatic carboxylic acids is 1. The van der Waals surface area contributed by atoms with Crippen molar-refractivity contribution in [2.45, 2.75) is 57.7 Å². The van der Waals surface area contributed by atoms with Crippen LogP contribution in [0.1, 0.15) is 50.5 Å². The molecule has 0 amide bonds. The van der Waals surface area contributed by atoms with Gasteiger partial charge in [0.25, 0.3) is 5.69 Å². The highest BCUT2D eigenvalue weighted by Crippen LogP contribution is 2.28. The number of hydrogen-bond donors (Lipinski definition) is 2. The van der Waals surface area contributed by atoms with Gasteiger partial charge in [-0.05, 0) is 75.4 Å². The molecule has 2 aromatic carbocycles. The van der Waals surface area contributed by atoms with Crippen molar-refractivity contribution < 1.29 is 32.7 Å². The number of nitrogens with zero attached hydrogens (tertiary/aromatic N) is 2. The van der Waals surface area contributed by atoms with Gasteiger partial charge in [-0.2, -0.15) is 13.2 Å². The number of carboxylic acid groups (broad SMARTS) is 1. The van der Waals surface area contributed by atoms with Crippen LogP contribution in [0, 0.1) is 22.0 Å². The second-order valence-electron chi connectivity index (χ2n) is 10.1. The number of non-ortho nitro benzene ring substituents is 1. The zero-order valence-corrected chi connectivity index (χ0v) is 21.9. The van der Waals surface area contributed by atoms with Gasteiger partial charge in [-0.3, -0.25) is 10.1 Å². The number of nitrogens with one attached hydrogen (secondary N) is 1. The van der Waals surface area contributed by atoms with Crippen LogP contribution in [0.15, 0.2) is 48.5 Å². The van der Waals surface area contributed by atoms with E-state index in [1.807, 2.05) is 18.2 Å². The van der Waals surface area contributed by atoms with E-state index in [1.165, 1.54) is 76.7 Å². The van der Waals surface area contributed by atoms with Gasteiger partial charge in [-0.15, -0.1) is 0 Å². The SMILES string of the molecule is O=C(O)C(F)(F)F.O=[N+]([O-])c1ccc(Oc2ccccc2CNCC2CCN(CC3CCCCC3)CC2)cc1. The summed E-state index contributed by atoms with van der Waals surface area (Å²) >= 11 is 0. The van der Waals surface area contributed by atoms with E-state index in [9.17, 15) is 23.3 Å². The van der Waals surface area contributed by atoms with Crippen molar-refractivity contribution in [3.05, 3.63) is 64.2 Å². The van der Waals surface area contributed by atoms with Crippen LogP contribution in [-0.4, -0.2) is 53.3 Å². The summed E-state index contributed by atoms with van der Waals surface area (Å²) in [5.41, 5.74) is 1.16. The molecule has 1 saturated carbocycles. The minimum Gasteiger partial charge on any atom is -0.475 e. The fraction of sp³-hybridized carbons (Fsp3) is 0.536. The number of ether oxygens (including phenoxy) is 1. The lowest BCUT2D eigenvalue weighted by atomic mass is 9.88. The standard InChI is InChI=1S/C26H35N3O3.C2HF3O2/c30-29(31)24-10-12-25(13-11-24)32-26-9-5-4-8-23(26)19-27-18-21-14-16-28(17-15-21)20-22-6-2-1-3-7-22;3-2(4,5)1(6)7/h4-5,8-13,21-22,27H,1-3,6-7,14-20H2;(H,6,7). The Hall–Kier alpha value is -3.18.